The monoisotopic (exact) mass is 204 g/mol. The molecule has 1 atom stereocenters. The van der Waals surface area contributed by atoms with Crippen LogP contribution in [0.15, 0.2) is 49.1 Å². The molecule has 0 radical (unpaired) electrons. The van der Waals surface area contributed by atoms with Crippen molar-refractivity contribution in [2.75, 3.05) is 0 Å². The second-order valence-electron chi connectivity index (χ2n) is 3.23. The van der Waals surface area contributed by atoms with Gasteiger partial charge in [0.05, 0.1) is 0 Å². The van der Waals surface area contributed by atoms with Gasteiger partial charge in [0, 0.05) is 5.56 Å². The van der Waals surface area contributed by atoms with Gasteiger partial charge >= 0.3 is 5.95 Å². The molecule has 1 aliphatic rings. The van der Waals surface area contributed by atoms with Crippen LogP contribution in [0.2, 0.25) is 0 Å². The number of allylic oxidation sites excluding steroid dienone is 1. The molecule has 0 aromatic heterocycles. The van der Waals surface area contributed by atoms with E-state index in [4.69, 9.17) is 14.6 Å². The van der Waals surface area contributed by atoms with E-state index in [2.05, 4.69) is 6.58 Å². The van der Waals surface area contributed by atoms with E-state index in [9.17, 15) is 0 Å². The van der Waals surface area contributed by atoms with Gasteiger partial charge in [0.15, 0.2) is 6.26 Å². The third-order valence-corrected chi connectivity index (χ3v) is 2.19. The van der Waals surface area contributed by atoms with Crippen LogP contribution in [0.5, 0.6) is 0 Å². The van der Waals surface area contributed by atoms with Crippen molar-refractivity contribution in [3.63, 3.8) is 0 Å². The molecule has 1 unspecified atom stereocenters. The van der Waals surface area contributed by atoms with Gasteiger partial charge < -0.3 is 14.6 Å². The normalized spacial score (nSPS) is 18.9. The molecule has 1 aromatic carbocycles. The van der Waals surface area contributed by atoms with Gasteiger partial charge in [0.25, 0.3) is 6.29 Å². The molecule has 0 amide bonds. The molecule has 3 heteroatoms. The molecule has 0 saturated carbocycles. The summed E-state index contributed by atoms with van der Waals surface area (Å²) in [5, 5.41) is 9.08. The predicted molar refractivity (Wildman–Crippen MR) is 56.0 cm³/mol. The summed E-state index contributed by atoms with van der Waals surface area (Å²) >= 11 is 0. The van der Waals surface area contributed by atoms with Gasteiger partial charge in [-0.25, -0.2) is 0 Å². The number of rotatable bonds is 3. The van der Waals surface area contributed by atoms with Crippen LogP contribution in [0, 0.1) is 0 Å². The van der Waals surface area contributed by atoms with Crippen molar-refractivity contribution in [1.82, 2.24) is 0 Å². The first-order valence-electron chi connectivity index (χ1n) is 4.71. The van der Waals surface area contributed by atoms with Crippen molar-refractivity contribution >= 4 is 0 Å². The van der Waals surface area contributed by atoms with Crippen molar-refractivity contribution in [3.8, 4) is 0 Å². The lowest BCUT2D eigenvalue weighted by atomic mass is 10.0. The first-order valence-corrected chi connectivity index (χ1v) is 4.71. The van der Waals surface area contributed by atoms with Crippen LogP contribution in [-0.2, 0) is 15.9 Å². The van der Waals surface area contributed by atoms with Crippen molar-refractivity contribution in [2.45, 2.75) is 12.7 Å². The topological polar surface area (TPSA) is 38.7 Å². The minimum absolute atomic E-state index is 0.187. The van der Waals surface area contributed by atoms with Gasteiger partial charge in [-0.3, -0.25) is 0 Å². The quantitative estimate of drug-likeness (QED) is 0.769. The minimum Gasteiger partial charge on any atom is -0.479 e. The maximum atomic E-state index is 9.08. The number of benzene rings is 1. The van der Waals surface area contributed by atoms with E-state index in [0.717, 1.165) is 17.5 Å². The van der Waals surface area contributed by atoms with E-state index in [1.165, 1.54) is 6.26 Å². The minimum atomic E-state index is -0.541. The third-order valence-electron chi connectivity index (χ3n) is 2.19. The van der Waals surface area contributed by atoms with E-state index in [-0.39, 0.29) is 5.95 Å². The molecule has 0 fully saturated rings. The summed E-state index contributed by atoms with van der Waals surface area (Å²) in [5.41, 5.74) is 2.00. The van der Waals surface area contributed by atoms with E-state index in [1.54, 1.807) is 0 Å². The summed E-state index contributed by atoms with van der Waals surface area (Å²) in [6.07, 6.45) is 3.23. The lowest BCUT2D eigenvalue weighted by Gasteiger charge is -2.13. The Labute approximate surface area is 88.3 Å². The fourth-order valence-corrected chi connectivity index (χ4v) is 1.53. The van der Waals surface area contributed by atoms with Gasteiger partial charge in [-0.1, -0.05) is 30.3 Å². The summed E-state index contributed by atoms with van der Waals surface area (Å²) in [6, 6.07) is 7.75. The van der Waals surface area contributed by atoms with Crippen LogP contribution in [0.1, 0.15) is 17.4 Å². The van der Waals surface area contributed by atoms with Crippen LogP contribution >= 0.6 is 0 Å². The van der Waals surface area contributed by atoms with E-state index >= 15 is 0 Å². The maximum absolute atomic E-state index is 9.08. The van der Waals surface area contributed by atoms with Crippen LogP contribution in [0.3, 0.4) is 0 Å². The highest BCUT2D eigenvalue weighted by Crippen LogP contribution is 2.29. The van der Waals surface area contributed by atoms with Crippen molar-refractivity contribution in [1.29, 1.82) is 0 Å². The third kappa shape index (κ3) is 1.96. The SMILES string of the molecule is C=CCc1ccccc1C1OC=C(O)O1. The zero-order valence-corrected chi connectivity index (χ0v) is 8.22. The smallest absolute Gasteiger partial charge is 0.316 e. The number of aliphatic hydroxyl groups excluding tert-OH is 1. The highest BCUT2D eigenvalue weighted by Gasteiger charge is 2.22. The Bertz CT molecular complexity index is 396. The van der Waals surface area contributed by atoms with Gasteiger partial charge in [-0.05, 0) is 12.0 Å². The second kappa shape index (κ2) is 4.09. The van der Waals surface area contributed by atoms with Crippen molar-refractivity contribution in [2.24, 2.45) is 0 Å². The summed E-state index contributed by atoms with van der Waals surface area (Å²) in [7, 11) is 0. The lowest BCUT2D eigenvalue weighted by Crippen LogP contribution is -2.03. The molecule has 1 heterocycles. The second-order valence-corrected chi connectivity index (χ2v) is 3.23. The molecule has 1 N–H and O–H groups in total. The summed E-state index contributed by atoms with van der Waals surface area (Å²) in [6.45, 7) is 3.69. The summed E-state index contributed by atoms with van der Waals surface area (Å²) < 4.78 is 10.3. The largest absolute Gasteiger partial charge is 0.479 e. The van der Waals surface area contributed by atoms with Crippen molar-refractivity contribution < 1.29 is 14.6 Å². The first kappa shape index (κ1) is 9.65. The Morgan fingerprint density at radius 1 is 1.40 bits per heavy atom. The van der Waals surface area contributed by atoms with E-state index in [1.807, 2.05) is 30.3 Å². The molecular formula is C12H12O3. The van der Waals surface area contributed by atoms with Gasteiger partial charge in [0.2, 0.25) is 0 Å². The number of aliphatic hydroxyl groups is 1. The number of hydrogen-bond acceptors (Lipinski definition) is 3. The molecule has 2 rings (SSSR count). The average molecular weight is 204 g/mol. The standard InChI is InChI=1S/C12H12O3/c1-2-5-9-6-3-4-7-10(9)12-14-8-11(13)15-12/h2-4,6-8,12-13H,1,5H2. The Hall–Kier alpha value is -1.90. The molecule has 0 aliphatic carbocycles. The highest BCUT2D eigenvalue weighted by atomic mass is 16.8. The van der Waals surface area contributed by atoms with Gasteiger partial charge in [-0.2, -0.15) is 0 Å². The molecule has 0 bridgehead atoms. The van der Waals surface area contributed by atoms with E-state index < -0.39 is 6.29 Å². The van der Waals surface area contributed by atoms with Crippen LogP contribution in [0.25, 0.3) is 0 Å². The Morgan fingerprint density at radius 2 is 2.20 bits per heavy atom. The molecular weight excluding hydrogens is 192 g/mol. The Balaban J connectivity index is 2.24. The highest BCUT2D eigenvalue weighted by molar-refractivity contribution is 5.30. The molecule has 0 spiro atoms. The van der Waals surface area contributed by atoms with Crippen LogP contribution in [0.4, 0.5) is 0 Å². The Kier molecular flexibility index (Phi) is 2.63. The fourth-order valence-electron chi connectivity index (χ4n) is 1.53. The molecule has 3 nitrogen and oxygen atoms in total. The molecule has 0 saturated heterocycles. The van der Waals surface area contributed by atoms with E-state index in [0.29, 0.717) is 0 Å². The molecule has 78 valence electrons. The zero-order valence-electron chi connectivity index (χ0n) is 8.22. The summed E-state index contributed by atoms with van der Waals surface area (Å²) in [4.78, 5) is 0. The lowest BCUT2D eigenvalue weighted by molar-refractivity contribution is -0.0605. The van der Waals surface area contributed by atoms with Crippen LogP contribution in [-0.4, -0.2) is 5.11 Å². The fraction of sp³-hybridized carbons (Fsp3) is 0.167. The van der Waals surface area contributed by atoms with Crippen LogP contribution < -0.4 is 0 Å². The summed E-state index contributed by atoms with van der Waals surface area (Å²) in [5.74, 6) is -0.187. The van der Waals surface area contributed by atoms with Crippen molar-refractivity contribution in [3.05, 3.63) is 60.3 Å². The number of hydrogen-bond donors (Lipinski definition) is 1. The van der Waals surface area contributed by atoms with Gasteiger partial charge in [0.1, 0.15) is 0 Å². The average Bonchev–Trinajstić information content (AvgIpc) is 2.66. The predicted octanol–water partition coefficient (Wildman–Crippen LogP) is 2.82. The number of ether oxygens (including phenoxy) is 2. The molecule has 1 aromatic rings. The molecule has 15 heavy (non-hydrogen) atoms. The van der Waals surface area contributed by atoms with Gasteiger partial charge in [-0.15, -0.1) is 6.58 Å². The Morgan fingerprint density at radius 3 is 2.87 bits per heavy atom. The zero-order chi connectivity index (χ0) is 10.7. The first-order chi connectivity index (χ1) is 7.31. The maximum Gasteiger partial charge on any atom is 0.316 e. The molecule has 1 aliphatic heterocycles.